The molecule has 0 aliphatic carbocycles. The summed E-state index contributed by atoms with van der Waals surface area (Å²) in [6.45, 7) is 2.79. The Balaban J connectivity index is 1.58. The van der Waals surface area contributed by atoms with E-state index in [-0.39, 0.29) is 36.0 Å². The highest BCUT2D eigenvalue weighted by atomic mass is 16.5. The Kier molecular flexibility index (Phi) is 7.64. The van der Waals surface area contributed by atoms with Crippen LogP contribution in [0.4, 0.5) is 5.69 Å². The lowest BCUT2D eigenvalue weighted by Gasteiger charge is -2.32. The van der Waals surface area contributed by atoms with Crippen molar-refractivity contribution in [3.05, 3.63) is 54.0 Å². The predicted octanol–water partition coefficient (Wildman–Crippen LogP) is 2.41. The Morgan fingerprint density at radius 2 is 2.03 bits per heavy atom. The van der Waals surface area contributed by atoms with Crippen LogP contribution >= 0.6 is 0 Å². The van der Waals surface area contributed by atoms with Crippen molar-refractivity contribution in [2.45, 2.75) is 19.8 Å². The molecule has 9 nitrogen and oxygen atoms in total. The summed E-state index contributed by atoms with van der Waals surface area (Å²) < 4.78 is 10.1. The summed E-state index contributed by atoms with van der Waals surface area (Å²) in [6.07, 6.45) is 2.80. The first-order valence-corrected chi connectivity index (χ1v) is 10.5. The zero-order chi connectivity index (χ0) is 23.1. The summed E-state index contributed by atoms with van der Waals surface area (Å²) >= 11 is 0. The fourth-order valence-corrected chi connectivity index (χ4v) is 3.58. The van der Waals surface area contributed by atoms with Gasteiger partial charge in [0.25, 0.3) is 11.8 Å². The molecule has 1 atom stereocenters. The maximum Gasteiger partial charge on any atom is 0.310 e. The van der Waals surface area contributed by atoms with Crippen LogP contribution in [0.3, 0.4) is 0 Å². The van der Waals surface area contributed by atoms with Gasteiger partial charge in [0.05, 0.1) is 25.3 Å². The zero-order valence-corrected chi connectivity index (χ0v) is 18.2. The maximum atomic E-state index is 12.8. The Morgan fingerprint density at radius 1 is 1.22 bits per heavy atom. The summed E-state index contributed by atoms with van der Waals surface area (Å²) in [5.74, 6) is -1.47. The van der Waals surface area contributed by atoms with Crippen molar-refractivity contribution in [1.82, 2.24) is 9.80 Å². The quantitative estimate of drug-likeness (QED) is 0.661. The molecular formula is C23H27N3O6. The van der Waals surface area contributed by atoms with Gasteiger partial charge in [0, 0.05) is 31.4 Å². The molecule has 2 aromatic rings. The number of nitrogens with zero attached hydrogens (tertiary/aromatic N) is 2. The van der Waals surface area contributed by atoms with Gasteiger partial charge >= 0.3 is 5.97 Å². The van der Waals surface area contributed by atoms with Gasteiger partial charge in [-0.2, -0.15) is 0 Å². The predicted molar refractivity (Wildman–Crippen MR) is 116 cm³/mol. The standard InChI is InChI=1S/C23H27N3O6/c1-3-31-23(30)17-8-5-11-26(14-17)20(27)15-25(2)22(29)16-7-4-9-18(13-16)24-21(28)19-10-6-12-32-19/h4,6-7,9-10,12-13,17H,3,5,8,11,14-15H2,1-2H3,(H,24,28). The number of hydrogen-bond donors (Lipinski definition) is 1. The third-order valence-corrected chi connectivity index (χ3v) is 5.23. The van der Waals surface area contributed by atoms with Gasteiger partial charge in [-0.25, -0.2) is 0 Å². The van der Waals surface area contributed by atoms with E-state index < -0.39 is 5.91 Å². The molecule has 1 saturated heterocycles. The van der Waals surface area contributed by atoms with Gasteiger partial charge in [-0.05, 0) is 50.1 Å². The third kappa shape index (κ3) is 5.75. The average Bonchev–Trinajstić information content (AvgIpc) is 3.34. The molecule has 3 rings (SSSR count). The second-order valence-electron chi connectivity index (χ2n) is 7.60. The SMILES string of the molecule is CCOC(=O)C1CCCN(C(=O)CN(C)C(=O)c2cccc(NC(=O)c3ccco3)c2)C1. The van der Waals surface area contributed by atoms with E-state index in [4.69, 9.17) is 9.15 Å². The molecule has 0 saturated carbocycles. The minimum Gasteiger partial charge on any atom is -0.466 e. The minimum absolute atomic E-state index is 0.114. The van der Waals surface area contributed by atoms with E-state index in [1.54, 1.807) is 49.2 Å². The molecule has 0 bridgehead atoms. The minimum atomic E-state index is -0.426. The molecule has 1 aliphatic rings. The van der Waals surface area contributed by atoms with E-state index in [1.807, 2.05) is 0 Å². The lowest BCUT2D eigenvalue weighted by atomic mass is 9.98. The van der Waals surface area contributed by atoms with E-state index in [0.717, 1.165) is 0 Å². The van der Waals surface area contributed by atoms with Crippen molar-refractivity contribution in [3.8, 4) is 0 Å². The van der Waals surface area contributed by atoms with Crippen LogP contribution in [0.5, 0.6) is 0 Å². The van der Waals surface area contributed by atoms with Crippen LogP contribution < -0.4 is 5.32 Å². The topological polar surface area (TPSA) is 109 Å². The Labute approximate surface area is 186 Å². The second kappa shape index (κ2) is 10.6. The summed E-state index contributed by atoms with van der Waals surface area (Å²) in [7, 11) is 1.54. The first-order valence-electron chi connectivity index (χ1n) is 10.5. The highest BCUT2D eigenvalue weighted by molar-refractivity contribution is 6.03. The fraction of sp³-hybridized carbons (Fsp3) is 0.391. The van der Waals surface area contributed by atoms with Crippen LogP contribution in [-0.2, 0) is 14.3 Å². The molecule has 1 N–H and O–H groups in total. The van der Waals surface area contributed by atoms with Gasteiger partial charge in [0.15, 0.2) is 5.76 Å². The summed E-state index contributed by atoms with van der Waals surface area (Å²) in [4.78, 5) is 52.6. The molecular weight excluding hydrogens is 414 g/mol. The van der Waals surface area contributed by atoms with Crippen LogP contribution in [0.25, 0.3) is 0 Å². The van der Waals surface area contributed by atoms with E-state index in [9.17, 15) is 19.2 Å². The molecule has 170 valence electrons. The van der Waals surface area contributed by atoms with Gasteiger partial charge in [-0.3, -0.25) is 19.2 Å². The number of anilines is 1. The molecule has 0 spiro atoms. The van der Waals surface area contributed by atoms with Crippen molar-refractivity contribution in [3.63, 3.8) is 0 Å². The Hall–Kier alpha value is -3.62. The Morgan fingerprint density at radius 3 is 2.75 bits per heavy atom. The van der Waals surface area contributed by atoms with Crippen LogP contribution in [0.15, 0.2) is 47.1 Å². The molecule has 9 heteroatoms. The van der Waals surface area contributed by atoms with E-state index in [0.29, 0.717) is 43.8 Å². The number of carbonyl (C=O) groups is 4. The molecule has 1 unspecified atom stereocenters. The molecule has 0 radical (unpaired) electrons. The number of rotatable bonds is 7. The molecule has 1 fully saturated rings. The van der Waals surface area contributed by atoms with Crippen molar-refractivity contribution >= 4 is 29.4 Å². The molecule has 3 amide bonds. The average molecular weight is 441 g/mol. The highest BCUT2D eigenvalue weighted by Crippen LogP contribution is 2.19. The summed E-state index contributed by atoms with van der Waals surface area (Å²) in [5.41, 5.74) is 0.769. The lowest BCUT2D eigenvalue weighted by molar-refractivity contribution is -0.151. The number of benzene rings is 1. The van der Waals surface area contributed by atoms with Crippen molar-refractivity contribution in [1.29, 1.82) is 0 Å². The van der Waals surface area contributed by atoms with Crippen LogP contribution in [0, 0.1) is 5.92 Å². The van der Waals surface area contributed by atoms with Crippen LogP contribution in [-0.4, -0.2) is 66.8 Å². The number of likely N-dealkylation sites (N-methyl/N-ethyl adjacent to an activating group) is 1. The third-order valence-electron chi connectivity index (χ3n) is 5.23. The van der Waals surface area contributed by atoms with Crippen molar-refractivity contribution in [2.75, 3.05) is 38.6 Å². The monoisotopic (exact) mass is 441 g/mol. The number of esters is 1. The van der Waals surface area contributed by atoms with Crippen molar-refractivity contribution < 1.29 is 28.3 Å². The molecule has 1 aromatic carbocycles. The number of hydrogen-bond acceptors (Lipinski definition) is 6. The van der Waals surface area contributed by atoms with Crippen LogP contribution in [0.2, 0.25) is 0 Å². The Bertz CT molecular complexity index is 972. The number of likely N-dealkylation sites (tertiary alicyclic amines) is 1. The van der Waals surface area contributed by atoms with Gasteiger partial charge in [-0.1, -0.05) is 6.07 Å². The van der Waals surface area contributed by atoms with E-state index >= 15 is 0 Å². The zero-order valence-electron chi connectivity index (χ0n) is 18.2. The number of piperidine rings is 1. The van der Waals surface area contributed by atoms with Crippen LogP contribution in [0.1, 0.15) is 40.7 Å². The summed E-state index contributed by atoms with van der Waals surface area (Å²) in [5, 5.41) is 2.67. The van der Waals surface area contributed by atoms with Gasteiger partial charge in [-0.15, -0.1) is 0 Å². The highest BCUT2D eigenvalue weighted by Gasteiger charge is 2.30. The second-order valence-corrected chi connectivity index (χ2v) is 7.60. The summed E-state index contributed by atoms with van der Waals surface area (Å²) in [6, 6.07) is 9.61. The first-order chi connectivity index (χ1) is 15.4. The molecule has 1 aliphatic heterocycles. The number of ether oxygens (including phenoxy) is 1. The van der Waals surface area contributed by atoms with E-state index in [2.05, 4.69) is 5.32 Å². The smallest absolute Gasteiger partial charge is 0.310 e. The van der Waals surface area contributed by atoms with Crippen molar-refractivity contribution in [2.24, 2.45) is 5.92 Å². The van der Waals surface area contributed by atoms with E-state index in [1.165, 1.54) is 17.2 Å². The molecule has 2 heterocycles. The molecule has 32 heavy (non-hydrogen) atoms. The fourth-order valence-electron chi connectivity index (χ4n) is 3.58. The normalized spacial score (nSPS) is 15.7. The number of carbonyl (C=O) groups excluding carboxylic acids is 4. The maximum absolute atomic E-state index is 12.8. The van der Waals surface area contributed by atoms with Gasteiger partial charge in [0.2, 0.25) is 5.91 Å². The number of nitrogens with one attached hydrogen (secondary N) is 1. The largest absolute Gasteiger partial charge is 0.466 e. The van der Waals surface area contributed by atoms with Gasteiger partial charge in [0.1, 0.15) is 0 Å². The first kappa shape index (κ1) is 23.1. The number of amides is 3. The van der Waals surface area contributed by atoms with Gasteiger partial charge < -0.3 is 24.3 Å². The molecule has 1 aromatic heterocycles. The lowest BCUT2D eigenvalue weighted by Crippen LogP contribution is -2.47. The number of furan rings is 1.